The van der Waals surface area contributed by atoms with Gasteiger partial charge in [-0.3, -0.25) is 14.5 Å². The average Bonchev–Trinajstić information content (AvgIpc) is 2.80. The van der Waals surface area contributed by atoms with Crippen molar-refractivity contribution in [1.29, 1.82) is 0 Å². The van der Waals surface area contributed by atoms with E-state index in [-0.39, 0.29) is 17.7 Å². The van der Waals surface area contributed by atoms with Crippen LogP contribution in [0.1, 0.15) is 53.6 Å². The minimum Gasteiger partial charge on any atom is -0.338 e. The Labute approximate surface area is 185 Å². The molecule has 0 unspecified atom stereocenters. The minimum atomic E-state index is -0.171. The monoisotopic (exact) mass is 419 g/mol. The molecule has 0 aliphatic carbocycles. The van der Waals surface area contributed by atoms with E-state index in [1.807, 2.05) is 48.2 Å². The van der Waals surface area contributed by atoms with Crippen molar-refractivity contribution < 1.29 is 9.59 Å². The van der Waals surface area contributed by atoms with Crippen molar-refractivity contribution in [2.45, 2.75) is 45.6 Å². The van der Waals surface area contributed by atoms with Gasteiger partial charge in [0.2, 0.25) is 5.91 Å². The Morgan fingerprint density at radius 2 is 1.74 bits per heavy atom. The molecule has 5 nitrogen and oxygen atoms in total. The number of likely N-dealkylation sites (tertiary alicyclic amines) is 2. The molecule has 0 saturated carbocycles. The summed E-state index contributed by atoms with van der Waals surface area (Å²) in [5.41, 5.74) is 3.88. The summed E-state index contributed by atoms with van der Waals surface area (Å²) >= 11 is 0. The molecule has 0 radical (unpaired) electrons. The van der Waals surface area contributed by atoms with Gasteiger partial charge >= 0.3 is 0 Å². The first-order chi connectivity index (χ1) is 15.1. The Bertz CT molecular complexity index is 903. The minimum absolute atomic E-state index is 0.00511. The van der Waals surface area contributed by atoms with Gasteiger partial charge in [0, 0.05) is 30.9 Å². The number of nitrogens with one attached hydrogen (secondary N) is 1. The normalized spacial score (nSPS) is 19.8. The van der Waals surface area contributed by atoms with E-state index in [9.17, 15) is 9.59 Å². The average molecular weight is 420 g/mol. The molecule has 2 amide bonds. The Kier molecular flexibility index (Phi) is 7.03. The highest BCUT2D eigenvalue weighted by molar-refractivity contribution is 5.96. The Morgan fingerprint density at radius 1 is 0.968 bits per heavy atom. The highest BCUT2D eigenvalue weighted by Crippen LogP contribution is 2.22. The van der Waals surface area contributed by atoms with Crippen LogP contribution < -0.4 is 5.32 Å². The third kappa shape index (κ3) is 5.73. The summed E-state index contributed by atoms with van der Waals surface area (Å²) in [6, 6.07) is 15.9. The lowest BCUT2D eigenvalue weighted by Crippen LogP contribution is -2.43. The first-order valence-corrected chi connectivity index (χ1v) is 11.6. The highest BCUT2D eigenvalue weighted by atomic mass is 16.2. The number of amides is 2. The molecule has 4 rings (SSSR count). The van der Waals surface area contributed by atoms with Gasteiger partial charge in [0.15, 0.2) is 0 Å². The van der Waals surface area contributed by atoms with Crippen molar-refractivity contribution in [1.82, 2.24) is 9.80 Å². The largest absolute Gasteiger partial charge is 0.338 e. The van der Waals surface area contributed by atoms with Crippen LogP contribution in [0, 0.1) is 12.8 Å². The van der Waals surface area contributed by atoms with E-state index in [1.165, 1.54) is 37.9 Å². The first kappa shape index (κ1) is 21.6. The third-order valence-corrected chi connectivity index (χ3v) is 6.42. The van der Waals surface area contributed by atoms with Crippen molar-refractivity contribution in [3.8, 4) is 0 Å². The lowest BCUT2D eigenvalue weighted by molar-refractivity contribution is -0.121. The molecular formula is C26H33N3O2. The maximum Gasteiger partial charge on any atom is 0.253 e. The lowest BCUT2D eigenvalue weighted by atomic mass is 9.96. The van der Waals surface area contributed by atoms with Crippen LogP contribution in [0.5, 0.6) is 0 Å². The zero-order chi connectivity index (χ0) is 21.6. The van der Waals surface area contributed by atoms with Gasteiger partial charge in [-0.2, -0.15) is 0 Å². The number of benzene rings is 2. The van der Waals surface area contributed by atoms with Crippen LogP contribution >= 0.6 is 0 Å². The van der Waals surface area contributed by atoms with Gasteiger partial charge in [0.1, 0.15) is 0 Å². The molecule has 2 aromatic rings. The van der Waals surface area contributed by atoms with E-state index in [0.29, 0.717) is 18.7 Å². The second-order valence-corrected chi connectivity index (χ2v) is 8.98. The first-order valence-electron chi connectivity index (χ1n) is 11.6. The zero-order valence-electron chi connectivity index (χ0n) is 18.5. The van der Waals surface area contributed by atoms with Crippen LogP contribution in [0.25, 0.3) is 0 Å². The van der Waals surface area contributed by atoms with E-state index in [1.54, 1.807) is 0 Å². The SMILES string of the molecule is Cc1cccc(C(=O)N2CCC[C@@H](C(=O)Nc3ccc(CN4CCCCC4)cc3)C2)c1. The Morgan fingerprint density at radius 3 is 2.48 bits per heavy atom. The van der Waals surface area contributed by atoms with E-state index < -0.39 is 0 Å². The van der Waals surface area contributed by atoms with Gasteiger partial charge in [-0.1, -0.05) is 36.2 Å². The van der Waals surface area contributed by atoms with Crippen molar-refractivity contribution in [3.63, 3.8) is 0 Å². The molecule has 31 heavy (non-hydrogen) atoms. The fraction of sp³-hybridized carbons (Fsp3) is 0.462. The maximum atomic E-state index is 12.9. The number of nitrogens with zero attached hydrogens (tertiary/aromatic N) is 2. The Balaban J connectivity index is 1.32. The summed E-state index contributed by atoms with van der Waals surface area (Å²) in [5.74, 6) is -0.149. The number of piperidine rings is 2. The number of carbonyl (C=O) groups is 2. The number of hydrogen-bond acceptors (Lipinski definition) is 3. The molecule has 1 N–H and O–H groups in total. The molecule has 5 heteroatoms. The molecule has 2 saturated heterocycles. The van der Waals surface area contributed by atoms with Crippen molar-refractivity contribution in [3.05, 3.63) is 65.2 Å². The van der Waals surface area contributed by atoms with Crippen LogP contribution in [0.2, 0.25) is 0 Å². The summed E-state index contributed by atoms with van der Waals surface area (Å²) < 4.78 is 0. The molecule has 164 valence electrons. The van der Waals surface area contributed by atoms with Crippen molar-refractivity contribution in [2.24, 2.45) is 5.92 Å². The van der Waals surface area contributed by atoms with E-state index >= 15 is 0 Å². The molecule has 2 fully saturated rings. The van der Waals surface area contributed by atoms with Crippen LogP contribution in [-0.4, -0.2) is 47.8 Å². The maximum absolute atomic E-state index is 12.9. The van der Waals surface area contributed by atoms with Gasteiger partial charge in [-0.25, -0.2) is 0 Å². The fourth-order valence-corrected chi connectivity index (χ4v) is 4.65. The van der Waals surface area contributed by atoms with Crippen LogP contribution in [-0.2, 0) is 11.3 Å². The number of aryl methyl sites for hydroxylation is 1. The van der Waals surface area contributed by atoms with Crippen LogP contribution in [0.15, 0.2) is 48.5 Å². The highest BCUT2D eigenvalue weighted by Gasteiger charge is 2.29. The predicted octanol–water partition coefficient (Wildman–Crippen LogP) is 4.47. The second-order valence-electron chi connectivity index (χ2n) is 8.98. The third-order valence-electron chi connectivity index (χ3n) is 6.42. The number of hydrogen-bond donors (Lipinski definition) is 1. The summed E-state index contributed by atoms with van der Waals surface area (Å²) in [5, 5.41) is 3.06. The molecule has 0 spiro atoms. The van der Waals surface area contributed by atoms with Crippen LogP contribution in [0.4, 0.5) is 5.69 Å². The molecule has 1 atom stereocenters. The molecule has 2 aliphatic rings. The quantitative estimate of drug-likeness (QED) is 0.778. The summed E-state index contributed by atoms with van der Waals surface area (Å²) in [6.07, 6.45) is 5.59. The van der Waals surface area contributed by atoms with E-state index in [2.05, 4.69) is 22.3 Å². The van der Waals surface area contributed by atoms with Gasteiger partial charge in [0.05, 0.1) is 5.92 Å². The number of rotatable bonds is 5. The molecule has 2 heterocycles. The molecule has 2 aromatic carbocycles. The summed E-state index contributed by atoms with van der Waals surface area (Å²) in [6.45, 7) is 6.51. The Hall–Kier alpha value is -2.66. The van der Waals surface area contributed by atoms with E-state index in [4.69, 9.17) is 0 Å². The molecule has 2 aliphatic heterocycles. The van der Waals surface area contributed by atoms with Gasteiger partial charge < -0.3 is 10.2 Å². The van der Waals surface area contributed by atoms with Gasteiger partial charge in [-0.05, 0) is 75.5 Å². The standard InChI is InChI=1S/C26H33N3O2/c1-20-7-5-8-22(17-20)26(31)29-16-6-9-23(19-29)25(30)27-24-12-10-21(11-13-24)18-28-14-3-2-4-15-28/h5,7-8,10-13,17,23H,2-4,6,9,14-16,18-19H2,1H3,(H,27,30)/t23-/m1/s1. The van der Waals surface area contributed by atoms with Crippen molar-refractivity contribution in [2.75, 3.05) is 31.5 Å². The number of anilines is 1. The van der Waals surface area contributed by atoms with E-state index in [0.717, 1.165) is 30.6 Å². The molecule has 0 bridgehead atoms. The fourth-order valence-electron chi connectivity index (χ4n) is 4.65. The topological polar surface area (TPSA) is 52.7 Å². The van der Waals surface area contributed by atoms with Gasteiger partial charge in [0.25, 0.3) is 5.91 Å². The molecule has 0 aromatic heterocycles. The van der Waals surface area contributed by atoms with Crippen LogP contribution in [0.3, 0.4) is 0 Å². The smallest absolute Gasteiger partial charge is 0.253 e. The summed E-state index contributed by atoms with van der Waals surface area (Å²) in [7, 11) is 0. The van der Waals surface area contributed by atoms with Crippen molar-refractivity contribution >= 4 is 17.5 Å². The van der Waals surface area contributed by atoms with Gasteiger partial charge in [-0.15, -0.1) is 0 Å². The number of carbonyl (C=O) groups excluding carboxylic acids is 2. The zero-order valence-corrected chi connectivity index (χ0v) is 18.5. The summed E-state index contributed by atoms with van der Waals surface area (Å²) in [4.78, 5) is 30.1. The second kappa shape index (κ2) is 10.1. The molecular weight excluding hydrogens is 386 g/mol. The lowest BCUT2D eigenvalue weighted by Gasteiger charge is -2.32. The predicted molar refractivity (Wildman–Crippen MR) is 124 cm³/mol.